The molecular weight excluding hydrogens is 228 g/mol. The van der Waals surface area contributed by atoms with Gasteiger partial charge in [0.05, 0.1) is 0 Å². The summed E-state index contributed by atoms with van der Waals surface area (Å²) in [6, 6.07) is 0. The van der Waals surface area contributed by atoms with Gasteiger partial charge in [0, 0.05) is 74.4 Å². The highest BCUT2D eigenvalue weighted by atomic mass is 14.9. The first kappa shape index (κ1) is 13.3. The molecule has 0 aromatic rings. The Morgan fingerprint density at radius 2 is 0.333 bits per heavy atom. The molecule has 0 fully saturated rings. The molecule has 0 saturated heterocycles. The van der Waals surface area contributed by atoms with E-state index in [1.807, 2.05) is 0 Å². The second kappa shape index (κ2) is 10.7. The van der Waals surface area contributed by atoms with Gasteiger partial charge in [0.2, 0.25) is 0 Å². The van der Waals surface area contributed by atoms with Gasteiger partial charge in [-0.15, -0.1) is 0 Å². The summed E-state index contributed by atoms with van der Waals surface area (Å²) < 4.78 is 0. The van der Waals surface area contributed by atoms with E-state index in [9.17, 15) is 0 Å². The van der Waals surface area contributed by atoms with Gasteiger partial charge in [0.25, 0.3) is 0 Å². The van der Waals surface area contributed by atoms with Crippen LogP contribution >= 0.6 is 0 Å². The van der Waals surface area contributed by atoms with Gasteiger partial charge in [0.1, 0.15) is 0 Å². The molecule has 0 spiro atoms. The molecule has 0 atom stereocenters. The summed E-state index contributed by atoms with van der Waals surface area (Å²) >= 11 is 0. The van der Waals surface area contributed by atoms with E-state index in [2.05, 4.69) is 31.9 Å². The molecule has 18 heavy (non-hydrogen) atoms. The van der Waals surface area contributed by atoms with Crippen molar-refractivity contribution in [1.82, 2.24) is 31.9 Å². The lowest BCUT2D eigenvalue weighted by Gasteiger charge is -1.95. The Labute approximate surface area is 107 Å². The van der Waals surface area contributed by atoms with Crippen LogP contribution in [0.3, 0.4) is 0 Å². The van der Waals surface area contributed by atoms with Crippen LogP contribution in [0.4, 0.5) is 0 Å². The molecule has 0 unspecified atom stereocenters. The van der Waals surface area contributed by atoms with E-state index in [1.165, 1.54) is 0 Å². The summed E-state index contributed by atoms with van der Waals surface area (Å²) in [6.45, 7) is 0. The van der Waals surface area contributed by atoms with Crippen LogP contribution in [-0.4, -0.2) is 0 Å². The highest BCUT2D eigenvalue weighted by molar-refractivity contribution is 4.96. The maximum Gasteiger partial charge on any atom is 0.0167 e. The average molecular weight is 246 g/mol. The summed E-state index contributed by atoms with van der Waals surface area (Å²) in [7, 11) is 0. The molecule has 6 heteroatoms. The average Bonchev–Trinajstić information content (AvgIpc) is 2.39. The molecule has 0 aromatic carbocycles. The van der Waals surface area contributed by atoms with Crippen LogP contribution < -0.4 is 31.9 Å². The lowest BCUT2D eigenvalue weighted by Crippen LogP contribution is -2.05. The quantitative estimate of drug-likeness (QED) is 0.371. The molecule has 6 N–H and O–H groups in total. The van der Waals surface area contributed by atoms with Crippen molar-refractivity contribution in [3.05, 3.63) is 74.4 Å². The monoisotopic (exact) mass is 246 g/mol. The van der Waals surface area contributed by atoms with E-state index in [1.54, 1.807) is 74.4 Å². The van der Waals surface area contributed by atoms with Crippen molar-refractivity contribution >= 4 is 0 Å². The van der Waals surface area contributed by atoms with Crippen molar-refractivity contribution in [2.24, 2.45) is 0 Å². The van der Waals surface area contributed by atoms with Crippen LogP contribution in [0.5, 0.6) is 0 Å². The van der Waals surface area contributed by atoms with Crippen molar-refractivity contribution in [3.63, 3.8) is 0 Å². The van der Waals surface area contributed by atoms with Crippen LogP contribution in [0, 0.1) is 0 Å². The highest BCUT2D eigenvalue weighted by Gasteiger charge is 1.71. The molecule has 1 heterocycles. The summed E-state index contributed by atoms with van der Waals surface area (Å²) in [5.74, 6) is 0. The molecule has 1 aliphatic heterocycles. The van der Waals surface area contributed by atoms with Gasteiger partial charge in [-0.3, -0.25) is 0 Å². The molecule has 0 aliphatic carbocycles. The fraction of sp³-hybridized carbons (Fsp3) is 0. The minimum absolute atomic E-state index is 1.77. The van der Waals surface area contributed by atoms with Gasteiger partial charge >= 0.3 is 0 Å². The standard InChI is InChI=1S/C12H18N6/c1-2-14-5-6-16-9-10-18-12-11-17-8-7-15-4-3-13-1/h1-18H/b2-1-,4-3-,6-5-,8-7-,10-9-,12-11-. The molecule has 0 saturated carbocycles. The highest BCUT2D eigenvalue weighted by Crippen LogP contribution is 1.71. The van der Waals surface area contributed by atoms with Gasteiger partial charge in [-0.05, 0) is 0 Å². The molecular formula is C12H18N6. The number of hydrogen-bond donors (Lipinski definition) is 6. The predicted octanol–water partition coefficient (Wildman–Crippen LogP) is 0.365. The van der Waals surface area contributed by atoms with E-state index in [0.717, 1.165) is 0 Å². The minimum Gasteiger partial charge on any atom is -0.365 e. The Morgan fingerprint density at radius 3 is 0.444 bits per heavy atom. The van der Waals surface area contributed by atoms with Crippen LogP contribution in [0.2, 0.25) is 0 Å². The van der Waals surface area contributed by atoms with E-state index < -0.39 is 0 Å². The summed E-state index contributed by atoms with van der Waals surface area (Å²) in [5, 5.41) is 17.7. The van der Waals surface area contributed by atoms with Crippen LogP contribution in [0.25, 0.3) is 0 Å². The Bertz CT molecular complexity index is 248. The van der Waals surface area contributed by atoms with Gasteiger partial charge in [-0.1, -0.05) is 0 Å². The van der Waals surface area contributed by atoms with Gasteiger partial charge in [-0.2, -0.15) is 0 Å². The summed E-state index contributed by atoms with van der Waals surface area (Å²) in [6.07, 6.45) is 21.3. The maximum absolute atomic E-state index is 2.96. The normalized spacial score (nSPS) is 26.7. The molecule has 0 bridgehead atoms. The maximum atomic E-state index is 2.96. The predicted molar refractivity (Wildman–Crippen MR) is 73.7 cm³/mol. The molecule has 0 amide bonds. The Kier molecular flexibility index (Phi) is 7.94. The zero-order valence-electron chi connectivity index (χ0n) is 9.93. The van der Waals surface area contributed by atoms with E-state index >= 15 is 0 Å². The first-order valence-electron chi connectivity index (χ1n) is 5.46. The first-order valence-corrected chi connectivity index (χ1v) is 5.46. The molecule has 0 aromatic heterocycles. The minimum atomic E-state index is 1.77. The molecule has 96 valence electrons. The van der Waals surface area contributed by atoms with Crippen molar-refractivity contribution in [3.8, 4) is 0 Å². The van der Waals surface area contributed by atoms with Crippen LogP contribution in [0.15, 0.2) is 74.4 Å². The topological polar surface area (TPSA) is 72.2 Å². The van der Waals surface area contributed by atoms with Gasteiger partial charge < -0.3 is 31.9 Å². The number of rotatable bonds is 0. The van der Waals surface area contributed by atoms with Crippen molar-refractivity contribution in [2.45, 2.75) is 0 Å². The zero-order chi connectivity index (χ0) is 12.7. The third-order valence-corrected chi connectivity index (χ3v) is 1.65. The lowest BCUT2D eigenvalue weighted by atomic mass is 10.7. The first-order chi connectivity index (χ1) is 9.00. The number of hydrogen-bond acceptors (Lipinski definition) is 6. The van der Waals surface area contributed by atoms with Crippen molar-refractivity contribution < 1.29 is 0 Å². The van der Waals surface area contributed by atoms with Gasteiger partial charge in [0.15, 0.2) is 0 Å². The second-order valence-electron chi connectivity index (χ2n) is 3.00. The van der Waals surface area contributed by atoms with E-state index in [-0.39, 0.29) is 0 Å². The third kappa shape index (κ3) is 8.54. The van der Waals surface area contributed by atoms with Crippen LogP contribution in [-0.2, 0) is 0 Å². The van der Waals surface area contributed by atoms with Crippen molar-refractivity contribution in [1.29, 1.82) is 0 Å². The Hall–Kier alpha value is -2.76. The van der Waals surface area contributed by atoms with E-state index in [4.69, 9.17) is 0 Å². The smallest absolute Gasteiger partial charge is 0.0167 e. The summed E-state index contributed by atoms with van der Waals surface area (Å²) in [4.78, 5) is 0. The van der Waals surface area contributed by atoms with Crippen molar-refractivity contribution in [2.75, 3.05) is 0 Å². The summed E-state index contributed by atoms with van der Waals surface area (Å²) in [5.41, 5.74) is 0. The molecule has 1 rings (SSSR count). The molecule has 1 aliphatic rings. The number of nitrogens with one attached hydrogen (secondary N) is 6. The fourth-order valence-corrected chi connectivity index (χ4v) is 0.911. The Balaban J connectivity index is 2.40. The third-order valence-electron chi connectivity index (χ3n) is 1.65. The molecule has 0 radical (unpaired) electrons. The largest absolute Gasteiger partial charge is 0.365 e. The second-order valence-corrected chi connectivity index (χ2v) is 3.00. The van der Waals surface area contributed by atoms with E-state index in [0.29, 0.717) is 0 Å². The molecule has 6 nitrogen and oxygen atoms in total. The lowest BCUT2D eigenvalue weighted by molar-refractivity contribution is 1.04. The van der Waals surface area contributed by atoms with Crippen LogP contribution in [0.1, 0.15) is 0 Å². The fourth-order valence-electron chi connectivity index (χ4n) is 0.911. The van der Waals surface area contributed by atoms with Gasteiger partial charge in [-0.25, -0.2) is 0 Å². The SMILES string of the molecule is C1=C\N/C=C\N/C=C\N/C=C\N/C=C\N/C=C\N/1. The Morgan fingerprint density at radius 1 is 0.222 bits per heavy atom. The zero-order valence-corrected chi connectivity index (χ0v) is 9.93.